The summed E-state index contributed by atoms with van der Waals surface area (Å²) in [6, 6.07) is -0.0133. The van der Waals surface area contributed by atoms with Gasteiger partial charge in [0.05, 0.1) is 10.8 Å². The van der Waals surface area contributed by atoms with Gasteiger partial charge in [-0.05, 0) is 18.9 Å². The summed E-state index contributed by atoms with van der Waals surface area (Å²) in [6.07, 6.45) is 2.98. The second-order valence-corrected chi connectivity index (χ2v) is 7.40. The van der Waals surface area contributed by atoms with Crippen LogP contribution in [0.3, 0.4) is 0 Å². The molecule has 1 aliphatic rings. The zero-order valence-electron chi connectivity index (χ0n) is 12.6. The minimum atomic E-state index is -1.73. The Morgan fingerprint density at radius 3 is 2.61 bits per heavy atom. The van der Waals surface area contributed by atoms with Crippen molar-refractivity contribution in [2.75, 3.05) is 5.75 Å². The number of benzene rings is 1. The fourth-order valence-electron chi connectivity index (χ4n) is 2.79. The summed E-state index contributed by atoms with van der Waals surface area (Å²) in [7, 11) is -1.13. The Morgan fingerprint density at radius 2 is 1.96 bits per heavy atom. The van der Waals surface area contributed by atoms with E-state index in [-0.39, 0.29) is 5.25 Å². The number of nitrogens with one attached hydrogen (secondary N) is 1. The molecule has 0 aliphatic heterocycles. The van der Waals surface area contributed by atoms with Crippen molar-refractivity contribution in [1.29, 1.82) is 0 Å². The highest BCUT2D eigenvalue weighted by Gasteiger charge is 2.32. The quantitative estimate of drug-likeness (QED) is 0.821. The number of hydrogen-bond donors (Lipinski definition) is 2. The molecule has 1 aliphatic carbocycles. The molecule has 0 radical (unpaired) electrons. The molecule has 1 amide bonds. The molecule has 1 saturated carbocycles. The maximum absolute atomic E-state index is 13.8. The van der Waals surface area contributed by atoms with Gasteiger partial charge in [-0.3, -0.25) is 9.00 Å². The van der Waals surface area contributed by atoms with Crippen LogP contribution in [0.5, 0.6) is 5.75 Å². The molecule has 0 spiro atoms. The van der Waals surface area contributed by atoms with Crippen molar-refractivity contribution < 1.29 is 27.3 Å². The number of aromatic hydroxyl groups is 1. The summed E-state index contributed by atoms with van der Waals surface area (Å²) < 4.78 is 52.2. The standard InChI is InChI=1S/C15H18F3NO3S/c1-2-23(22)11-6-4-3-5-10(11)19-15(21)8-7-9(16)13(18)14(20)12(8)17/h7,10-11,20H,2-6H2,1H3,(H,19,21)/t10-,11-,23+/m1/s1. The Morgan fingerprint density at radius 1 is 1.30 bits per heavy atom. The van der Waals surface area contributed by atoms with E-state index < -0.39 is 51.5 Å². The molecule has 1 aromatic carbocycles. The van der Waals surface area contributed by atoms with Crippen molar-refractivity contribution in [3.8, 4) is 5.75 Å². The average Bonchev–Trinajstić information content (AvgIpc) is 2.55. The van der Waals surface area contributed by atoms with Crippen LogP contribution in [0.2, 0.25) is 0 Å². The lowest BCUT2D eigenvalue weighted by Gasteiger charge is -2.31. The van der Waals surface area contributed by atoms with Gasteiger partial charge in [0.1, 0.15) is 0 Å². The van der Waals surface area contributed by atoms with E-state index in [2.05, 4.69) is 5.32 Å². The monoisotopic (exact) mass is 349 g/mol. The molecule has 2 N–H and O–H groups in total. The molecule has 8 heteroatoms. The number of hydrogen-bond acceptors (Lipinski definition) is 3. The molecular weight excluding hydrogens is 331 g/mol. The van der Waals surface area contributed by atoms with Crippen molar-refractivity contribution in [2.45, 2.75) is 43.9 Å². The van der Waals surface area contributed by atoms with Gasteiger partial charge in [0.25, 0.3) is 5.91 Å². The van der Waals surface area contributed by atoms with Gasteiger partial charge in [-0.15, -0.1) is 0 Å². The SMILES string of the molecule is CC[S@](=O)[C@@H]1CCCC[C@H]1NC(=O)c1cc(F)c(F)c(O)c1F. The van der Waals surface area contributed by atoms with Gasteiger partial charge in [-0.25, -0.2) is 8.78 Å². The van der Waals surface area contributed by atoms with E-state index in [1.807, 2.05) is 0 Å². The molecule has 1 aromatic rings. The van der Waals surface area contributed by atoms with E-state index >= 15 is 0 Å². The maximum Gasteiger partial charge on any atom is 0.254 e. The number of carbonyl (C=O) groups is 1. The molecule has 0 saturated heterocycles. The van der Waals surface area contributed by atoms with Crippen LogP contribution in [-0.2, 0) is 10.8 Å². The minimum Gasteiger partial charge on any atom is -0.503 e. The minimum absolute atomic E-state index is 0.250. The zero-order valence-corrected chi connectivity index (χ0v) is 13.4. The molecule has 4 nitrogen and oxygen atoms in total. The maximum atomic E-state index is 13.8. The van der Waals surface area contributed by atoms with E-state index in [1.54, 1.807) is 6.92 Å². The van der Waals surface area contributed by atoms with Crippen LogP contribution >= 0.6 is 0 Å². The third-order valence-electron chi connectivity index (χ3n) is 4.02. The fourth-order valence-corrected chi connectivity index (χ4v) is 4.22. The highest BCUT2D eigenvalue weighted by molar-refractivity contribution is 7.85. The van der Waals surface area contributed by atoms with Crippen LogP contribution in [0.4, 0.5) is 13.2 Å². The first-order valence-electron chi connectivity index (χ1n) is 7.41. The van der Waals surface area contributed by atoms with Crippen molar-refractivity contribution in [2.24, 2.45) is 0 Å². The van der Waals surface area contributed by atoms with Gasteiger partial charge in [0.2, 0.25) is 5.82 Å². The van der Waals surface area contributed by atoms with Gasteiger partial charge in [0.15, 0.2) is 17.4 Å². The molecule has 128 valence electrons. The van der Waals surface area contributed by atoms with Gasteiger partial charge < -0.3 is 10.4 Å². The number of halogens is 3. The molecule has 0 unspecified atom stereocenters. The second kappa shape index (κ2) is 7.33. The first-order chi connectivity index (χ1) is 10.9. The molecule has 23 heavy (non-hydrogen) atoms. The number of phenolic OH excluding ortho intramolecular Hbond substituents is 1. The lowest BCUT2D eigenvalue weighted by molar-refractivity contribution is 0.0923. The summed E-state index contributed by atoms with van der Waals surface area (Å²) in [6.45, 7) is 1.77. The zero-order chi connectivity index (χ0) is 17.1. The Labute approximate surface area is 134 Å². The lowest BCUT2D eigenvalue weighted by Crippen LogP contribution is -2.47. The molecule has 1 fully saturated rings. The topological polar surface area (TPSA) is 66.4 Å². The Hall–Kier alpha value is -1.57. The Kier molecular flexibility index (Phi) is 5.67. The molecular formula is C15H18F3NO3S. The first-order valence-corrected chi connectivity index (χ1v) is 8.79. The molecule has 0 aromatic heterocycles. The Balaban J connectivity index is 2.23. The number of amides is 1. The smallest absolute Gasteiger partial charge is 0.254 e. The number of carbonyl (C=O) groups excluding carboxylic acids is 1. The van der Waals surface area contributed by atoms with Gasteiger partial charge >= 0.3 is 0 Å². The molecule has 2 rings (SSSR count). The summed E-state index contributed by atoms with van der Waals surface area (Å²) in [5.74, 6) is -6.79. The third-order valence-corrected chi connectivity index (χ3v) is 5.83. The lowest BCUT2D eigenvalue weighted by atomic mass is 9.94. The number of rotatable bonds is 4. The van der Waals surface area contributed by atoms with Crippen LogP contribution < -0.4 is 5.32 Å². The van der Waals surface area contributed by atoms with Gasteiger partial charge in [0, 0.05) is 22.6 Å². The summed E-state index contributed by atoms with van der Waals surface area (Å²) in [4.78, 5) is 12.2. The van der Waals surface area contributed by atoms with Crippen molar-refractivity contribution in [1.82, 2.24) is 5.32 Å². The highest BCUT2D eigenvalue weighted by Crippen LogP contribution is 2.27. The van der Waals surface area contributed by atoms with Crippen LogP contribution in [0.25, 0.3) is 0 Å². The summed E-state index contributed by atoms with van der Waals surface area (Å²) in [5, 5.41) is 11.5. The van der Waals surface area contributed by atoms with Crippen molar-refractivity contribution in [3.05, 3.63) is 29.1 Å². The van der Waals surface area contributed by atoms with Gasteiger partial charge in [-0.1, -0.05) is 19.8 Å². The van der Waals surface area contributed by atoms with E-state index in [0.29, 0.717) is 24.7 Å². The van der Waals surface area contributed by atoms with Gasteiger partial charge in [-0.2, -0.15) is 4.39 Å². The van der Waals surface area contributed by atoms with Crippen molar-refractivity contribution in [3.63, 3.8) is 0 Å². The average molecular weight is 349 g/mol. The van der Waals surface area contributed by atoms with E-state index in [1.165, 1.54) is 0 Å². The van der Waals surface area contributed by atoms with E-state index in [9.17, 15) is 27.3 Å². The predicted octanol–water partition coefficient (Wildman–Crippen LogP) is 2.62. The van der Waals surface area contributed by atoms with Crippen LogP contribution in [0, 0.1) is 17.5 Å². The Bertz CT molecular complexity index is 639. The van der Waals surface area contributed by atoms with Crippen LogP contribution in [0.15, 0.2) is 6.07 Å². The van der Waals surface area contributed by atoms with Crippen molar-refractivity contribution >= 4 is 16.7 Å². The van der Waals surface area contributed by atoms with E-state index in [4.69, 9.17) is 0 Å². The largest absolute Gasteiger partial charge is 0.503 e. The van der Waals surface area contributed by atoms with Crippen LogP contribution in [-0.4, -0.2) is 32.3 Å². The summed E-state index contributed by atoms with van der Waals surface area (Å²) >= 11 is 0. The van der Waals surface area contributed by atoms with Crippen LogP contribution in [0.1, 0.15) is 43.0 Å². The van der Waals surface area contributed by atoms with E-state index in [0.717, 1.165) is 12.8 Å². The molecule has 0 heterocycles. The predicted molar refractivity (Wildman–Crippen MR) is 80.2 cm³/mol. The molecule has 0 bridgehead atoms. The first kappa shape index (κ1) is 17.8. The normalized spacial score (nSPS) is 22.6. The third kappa shape index (κ3) is 3.68. The fraction of sp³-hybridized carbons (Fsp3) is 0.533. The highest BCUT2D eigenvalue weighted by atomic mass is 32.2. The molecule has 3 atom stereocenters. The number of phenols is 1. The second-order valence-electron chi connectivity index (χ2n) is 5.45. The summed E-state index contributed by atoms with van der Waals surface area (Å²) in [5.41, 5.74) is -0.770.